The van der Waals surface area contributed by atoms with Gasteiger partial charge in [-0.1, -0.05) is 111 Å². The molecule has 5 aromatic carbocycles. The van der Waals surface area contributed by atoms with Crippen LogP contribution in [-0.4, -0.2) is 9.13 Å². The van der Waals surface area contributed by atoms with Crippen molar-refractivity contribution in [2.45, 2.75) is 19.8 Å². The molecule has 7 aromatic rings. The molecule has 0 N–H and O–H groups in total. The summed E-state index contributed by atoms with van der Waals surface area (Å²) in [4.78, 5) is 0. The zero-order chi connectivity index (χ0) is 26.8. The fourth-order valence-corrected chi connectivity index (χ4v) is 6.87. The van der Waals surface area contributed by atoms with Crippen molar-refractivity contribution in [3.63, 3.8) is 0 Å². The average Bonchev–Trinajstić information content (AvgIpc) is 3.50. The lowest BCUT2D eigenvalue weighted by atomic mass is 9.72. The zero-order valence-corrected chi connectivity index (χ0v) is 22.8. The molecule has 0 amide bonds. The molecule has 40 heavy (non-hydrogen) atoms. The van der Waals surface area contributed by atoms with Gasteiger partial charge >= 0.3 is 0 Å². The Morgan fingerprint density at radius 2 is 0.925 bits per heavy atom. The predicted octanol–water partition coefficient (Wildman–Crippen LogP) is 10.1. The van der Waals surface area contributed by atoms with Crippen molar-refractivity contribution in [2.24, 2.45) is 5.41 Å². The molecular weight excluding hydrogens is 484 g/mol. The maximum absolute atomic E-state index is 2.46. The summed E-state index contributed by atoms with van der Waals surface area (Å²) in [5, 5.41) is 5.18. The molecule has 192 valence electrons. The number of fused-ring (bicyclic) bond motifs is 6. The minimum atomic E-state index is -0.0507. The summed E-state index contributed by atoms with van der Waals surface area (Å²) in [5.41, 5.74) is 8.71. The highest BCUT2D eigenvalue weighted by Crippen LogP contribution is 2.44. The number of nitrogens with zero attached hydrogens (tertiary/aromatic N) is 2. The summed E-state index contributed by atoms with van der Waals surface area (Å²) < 4.78 is 4.81. The summed E-state index contributed by atoms with van der Waals surface area (Å²) in [6, 6.07) is 44.0. The van der Waals surface area contributed by atoms with Gasteiger partial charge in [0.2, 0.25) is 0 Å². The molecule has 0 aliphatic heterocycles. The van der Waals surface area contributed by atoms with Crippen LogP contribution in [0.4, 0.5) is 0 Å². The van der Waals surface area contributed by atoms with Crippen molar-refractivity contribution in [3.05, 3.63) is 145 Å². The summed E-state index contributed by atoms with van der Waals surface area (Å²) in [6.45, 7) is 4.71. The number of benzene rings is 5. The molecule has 2 aromatic heterocycles. The van der Waals surface area contributed by atoms with Crippen LogP contribution in [0.1, 0.15) is 25.3 Å². The average molecular weight is 515 g/mol. The monoisotopic (exact) mass is 514 g/mol. The minimum absolute atomic E-state index is 0.0507. The maximum Gasteiger partial charge on any atom is 0.0541 e. The molecule has 0 fully saturated rings. The van der Waals surface area contributed by atoms with Crippen LogP contribution in [0.15, 0.2) is 140 Å². The molecule has 1 unspecified atom stereocenters. The second kappa shape index (κ2) is 8.59. The number of para-hydroxylation sites is 4. The van der Waals surface area contributed by atoms with Crippen LogP contribution in [0.5, 0.6) is 0 Å². The molecule has 1 aliphatic rings. The van der Waals surface area contributed by atoms with Gasteiger partial charge in [0.25, 0.3) is 0 Å². The normalized spacial score (nSPS) is 16.8. The Hall–Kier alpha value is -4.82. The molecule has 2 nitrogen and oxygen atoms in total. The highest BCUT2D eigenvalue weighted by molar-refractivity contribution is 6.11. The van der Waals surface area contributed by atoms with Crippen molar-refractivity contribution in [3.8, 4) is 5.69 Å². The van der Waals surface area contributed by atoms with Crippen molar-refractivity contribution in [2.75, 3.05) is 0 Å². The Morgan fingerprint density at radius 1 is 0.500 bits per heavy atom. The first-order valence-corrected chi connectivity index (χ1v) is 14.1. The van der Waals surface area contributed by atoms with Gasteiger partial charge in [0.1, 0.15) is 0 Å². The summed E-state index contributed by atoms with van der Waals surface area (Å²) in [5.74, 6) is 0.288. The summed E-state index contributed by atoms with van der Waals surface area (Å²) in [7, 11) is 0. The van der Waals surface area contributed by atoms with Crippen LogP contribution in [0.2, 0.25) is 0 Å². The van der Waals surface area contributed by atoms with Crippen LogP contribution in [0.3, 0.4) is 0 Å². The topological polar surface area (TPSA) is 9.86 Å². The van der Waals surface area contributed by atoms with Gasteiger partial charge in [-0.3, -0.25) is 0 Å². The first kappa shape index (κ1) is 23.1. The Bertz CT molecular complexity index is 2020. The molecule has 0 spiro atoms. The Balaban J connectivity index is 1.19. The van der Waals surface area contributed by atoms with Crippen LogP contribution in [0.25, 0.3) is 55.0 Å². The lowest BCUT2D eigenvalue weighted by Gasteiger charge is -2.34. The first-order chi connectivity index (χ1) is 19.6. The van der Waals surface area contributed by atoms with E-state index >= 15 is 0 Å². The molecule has 2 heteroatoms. The smallest absolute Gasteiger partial charge is 0.0541 e. The first-order valence-electron chi connectivity index (χ1n) is 14.1. The van der Waals surface area contributed by atoms with E-state index in [2.05, 4.69) is 163 Å². The van der Waals surface area contributed by atoms with Crippen molar-refractivity contribution in [1.29, 1.82) is 0 Å². The number of aromatic nitrogens is 2. The molecule has 0 radical (unpaired) electrons. The highest BCUT2D eigenvalue weighted by atomic mass is 15.0. The Labute approximate surface area is 234 Å². The molecule has 1 atom stereocenters. The molecule has 0 saturated heterocycles. The van der Waals surface area contributed by atoms with Gasteiger partial charge in [0.15, 0.2) is 0 Å². The van der Waals surface area contributed by atoms with Gasteiger partial charge in [-0.2, -0.15) is 0 Å². The van der Waals surface area contributed by atoms with E-state index in [0.717, 1.165) is 0 Å². The van der Waals surface area contributed by atoms with E-state index in [1.807, 2.05) is 0 Å². The molecule has 0 bridgehead atoms. The van der Waals surface area contributed by atoms with Crippen LogP contribution < -0.4 is 0 Å². The third kappa shape index (κ3) is 3.36. The molecule has 1 aliphatic carbocycles. The van der Waals surface area contributed by atoms with Gasteiger partial charge in [0.05, 0.1) is 22.1 Å². The van der Waals surface area contributed by atoms with E-state index in [-0.39, 0.29) is 11.3 Å². The van der Waals surface area contributed by atoms with E-state index in [9.17, 15) is 0 Å². The summed E-state index contributed by atoms with van der Waals surface area (Å²) in [6.07, 6.45) is 7.17. The number of rotatable bonds is 3. The van der Waals surface area contributed by atoms with E-state index in [0.29, 0.717) is 0 Å². The molecule has 0 saturated carbocycles. The van der Waals surface area contributed by atoms with E-state index in [4.69, 9.17) is 0 Å². The third-order valence-corrected chi connectivity index (χ3v) is 8.71. The Morgan fingerprint density at radius 3 is 1.38 bits per heavy atom. The lowest BCUT2D eigenvalue weighted by Crippen LogP contribution is -2.22. The van der Waals surface area contributed by atoms with Crippen LogP contribution in [-0.2, 0) is 0 Å². The number of hydrogen-bond donors (Lipinski definition) is 0. The Kier molecular flexibility index (Phi) is 4.96. The predicted molar refractivity (Wildman–Crippen MR) is 170 cm³/mol. The standard InChI is InChI=1S/C38H30N2/c1-38(2)25-28(40-36-17-9-5-13-31(36)32-14-6-10-18-37(32)40)23-24-33(38)26-19-21-27(22-20-26)39-34-15-7-3-11-29(34)30-12-4-8-16-35(30)39/h3-25,33H,1-2H3. The van der Waals surface area contributed by atoms with Crippen molar-refractivity contribution >= 4 is 49.3 Å². The maximum atomic E-state index is 2.46. The van der Waals surface area contributed by atoms with E-state index in [1.54, 1.807) is 0 Å². The van der Waals surface area contributed by atoms with Crippen molar-refractivity contribution < 1.29 is 0 Å². The fourth-order valence-electron chi connectivity index (χ4n) is 6.87. The second-order valence-corrected chi connectivity index (χ2v) is 11.6. The van der Waals surface area contributed by atoms with E-state index in [1.165, 1.54) is 60.6 Å². The van der Waals surface area contributed by atoms with Gasteiger partial charge in [0, 0.05) is 38.8 Å². The van der Waals surface area contributed by atoms with Gasteiger partial charge in [-0.25, -0.2) is 0 Å². The van der Waals surface area contributed by atoms with Crippen LogP contribution >= 0.6 is 0 Å². The third-order valence-electron chi connectivity index (χ3n) is 8.71. The largest absolute Gasteiger partial charge is 0.310 e. The number of allylic oxidation sites excluding steroid dienone is 4. The molecular formula is C38H30N2. The molecule has 2 heterocycles. The SMILES string of the molecule is CC1(C)C=C(n2c3ccccc3c3ccccc32)C=CC1c1ccc(-n2c3ccccc3c3ccccc32)cc1. The minimum Gasteiger partial charge on any atom is -0.310 e. The second-order valence-electron chi connectivity index (χ2n) is 11.6. The van der Waals surface area contributed by atoms with E-state index < -0.39 is 0 Å². The van der Waals surface area contributed by atoms with Gasteiger partial charge in [-0.05, 0) is 53.5 Å². The zero-order valence-electron chi connectivity index (χ0n) is 22.8. The summed E-state index contributed by atoms with van der Waals surface area (Å²) >= 11 is 0. The lowest BCUT2D eigenvalue weighted by molar-refractivity contribution is 0.422. The number of hydrogen-bond acceptors (Lipinski definition) is 0. The van der Waals surface area contributed by atoms with Gasteiger partial charge < -0.3 is 9.13 Å². The quantitative estimate of drug-likeness (QED) is 0.222. The van der Waals surface area contributed by atoms with Crippen LogP contribution in [0, 0.1) is 5.41 Å². The van der Waals surface area contributed by atoms with Gasteiger partial charge in [-0.15, -0.1) is 0 Å². The highest BCUT2D eigenvalue weighted by Gasteiger charge is 2.31. The van der Waals surface area contributed by atoms with Crippen molar-refractivity contribution in [1.82, 2.24) is 9.13 Å². The molecule has 8 rings (SSSR count). The fraction of sp³-hybridized carbons (Fsp3) is 0.105.